The molecule has 0 aromatic heterocycles. The lowest BCUT2D eigenvalue weighted by Crippen LogP contribution is -2.10. The van der Waals surface area contributed by atoms with Gasteiger partial charge in [0.25, 0.3) is 0 Å². The molecule has 2 N–H and O–H groups in total. The minimum atomic E-state index is 0.605. The number of rotatable bonds is 12. The molecule has 0 aliphatic rings. The predicted molar refractivity (Wildman–Crippen MR) is 61.3 cm³/mol. The molecule has 0 saturated heterocycles. The standard InChI is InChI=1S/C10H23N3O3/c1-2-5-14-7-9-16-10-8-15-6-3-4-12-13-11/h2-10H2,1H3,(H2,11,12). The number of nitrogens with two attached hydrogens (primary N) is 1. The van der Waals surface area contributed by atoms with Crippen molar-refractivity contribution in [2.45, 2.75) is 19.8 Å². The Balaban J connectivity index is 2.88. The Labute approximate surface area is 97.1 Å². The van der Waals surface area contributed by atoms with Crippen LogP contribution in [0.1, 0.15) is 19.8 Å². The lowest BCUT2D eigenvalue weighted by atomic mass is 10.5. The van der Waals surface area contributed by atoms with E-state index in [-0.39, 0.29) is 0 Å². The second kappa shape index (κ2) is 14.3. The predicted octanol–water partition coefficient (Wildman–Crippen LogP) is 1.16. The van der Waals surface area contributed by atoms with E-state index >= 15 is 0 Å². The molecule has 0 aromatic rings. The Bertz CT molecular complexity index is 156. The van der Waals surface area contributed by atoms with Crippen LogP contribution in [0.25, 0.3) is 0 Å². The van der Waals surface area contributed by atoms with Crippen molar-refractivity contribution in [3.8, 4) is 0 Å². The van der Waals surface area contributed by atoms with E-state index in [4.69, 9.17) is 20.1 Å². The molecule has 0 aromatic carbocycles. The molecule has 96 valence electrons. The summed E-state index contributed by atoms with van der Waals surface area (Å²) in [6, 6.07) is 0. The molecule has 0 aliphatic carbocycles. The minimum absolute atomic E-state index is 0.605. The minimum Gasteiger partial charge on any atom is -0.379 e. The van der Waals surface area contributed by atoms with Crippen LogP contribution in [0, 0.1) is 0 Å². The molecule has 0 saturated carbocycles. The van der Waals surface area contributed by atoms with Gasteiger partial charge in [-0.25, -0.2) is 0 Å². The van der Waals surface area contributed by atoms with Crippen molar-refractivity contribution in [1.82, 2.24) is 0 Å². The Morgan fingerprint density at radius 3 is 2.00 bits per heavy atom. The fourth-order valence-corrected chi connectivity index (χ4v) is 0.981. The summed E-state index contributed by atoms with van der Waals surface area (Å²) in [5.41, 5.74) is 0. The van der Waals surface area contributed by atoms with Gasteiger partial charge in [-0.3, -0.25) is 0 Å². The number of ether oxygens (including phenoxy) is 3. The van der Waals surface area contributed by atoms with E-state index in [0.717, 1.165) is 19.4 Å². The normalized spacial score (nSPS) is 11.3. The fraction of sp³-hybridized carbons (Fsp3) is 1.00. The third-order valence-corrected chi connectivity index (χ3v) is 1.72. The van der Waals surface area contributed by atoms with E-state index in [1.54, 1.807) is 0 Å². The molecule has 0 unspecified atom stereocenters. The van der Waals surface area contributed by atoms with Crippen molar-refractivity contribution in [3.05, 3.63) is 0 Å². The van der Waals surface area contributed by atoms with Crippen LogP contribution < -0.4 is 5.84 Å². The second-order valence-corrected chi connectivity index (χ2v) is 3.17. The van der Waals surface area contributed by atoms with E-state index in [0.29, 0.717) is 39.6 Å². The zero-order chi connectivity index (χ0) is 11.9. The van der Waals surface area contributed by atoms with Crippen LogP contribution in [-0.4, -0.2) is 46.2 Å². The van der Waals surface area contributed by atoms with Crippen LogP contribution in [0.2, 0.25) is 0 Å². The van der Waals surface area contributed by atoms with Crippen molar-refractivity contribution < 1.29 is 14.2 Å². The largest absolute Gasteiger partial charge is 0.379 e. The zero-order valence-electron chi connectivity index (χ0n) is 10.1. The van der Waals surface area contributed by atoms with E-state index in [1.807, 2.05) is 0 Å². The maximum Gasteiger partial charge on any atom is 0.0701 e. The third kappa shape index (κ3) is 13.3. The highest BCUT2D eigenvalue weighted by atomic mass is 16.5. The molecule has 0 amide bonds. The first kappa shape index (κ1) is 15.3. The summed E-state index contributed by atoms with van der Waals surface area (Å²) in [5, 5.41) is 6.77. The third-order valence-electron chi connectivity index (χ3n) is 1.72. The Kier molecular flexibility index (Phi) is 13.6. The summed E-state index contributed by atoms with van der Waals surface area (Å²) < 4.78 is 15.8. The molecular weight excluding hydrogens is 210 g/mol. The average Bonchev–Trinajstić information content (AvgIpc) is 2.31. The SMILES string of the molecule is CCCOCCOCCOCCCN=NN. The van der Waals surface area contributed by atoms with Crippen LogP contribution in [0.4, 0.5) is 0 Å². The number of hydrogen-bond acceptors (Lipinski definition) is 5. The molecule has 0 radical (unpaired) electrons. The van der Waals surface area contributed by atoms with Crippen molar-refractivity contribution in [2.24, 2.45) is 16.2 Å². The summed E-state index contributed by atoms with van der Waals surface area (Å²) >= 11 is 0. The molecule has 16 heavy (non-hydrogen) atoms. The highest BCUT2D eigenvalue weighted by molar-refractivity contribution is 4.39. The molecule has 0 heterocycles. The van der Waals surface area contributed by atoms with E-state index in [1.165, 1.54) is 0 Å². The first-order valence-corrected chi connectivity index (χ1v) is 5.71. The van der Waals surface area contributed by atoms with Crippen LogP contribution in [0.3, 0.4) is 0 Å². The van der Waals surface area contributed by atoms with Gasteiger partial charge in [0.15, 0.2) is 0 Å². The zero-order valence-corrected chi connectivity index (χ0v) is 10.1. The van der Waals surface area contributed by atoms with Gasteiger partial charge in [0, 0.05) is 13.2 Å². The van der Waals surface area contributed by atoms with Crippen LogP contribution in [-0.2, 0) is 14.2 Å². The molecule has 0 aliphatic heterocycles. The van der Waals surface area contributed by atoms with E-state index < -0.39 is 0 Å². The van der Waals surface area contributed by atoms with Gasteiger partial charge in [-0.15, -0.1) is 0 Å². The van der Waals surface area contributed by atoms with Gasteiger partial charge in [0.05, 0.1) is 33.0 Å². The Morgan fingerprint density at radius 2 is 1.44 bits per heavy atom. The lowest BCUT2D eigenvalue weighted by molar-refractivity contribution is 0.0145. The van der Waals surface area contributed by atoms with Gasteiger partial charge in [0.2, 0.25) is 0 Å². The molecule has 0 bridgehead atoms. The number of nitrogens with zero attached hydrogens (tertiary/aromatic N) is 2. The molecule has 6 heteroatoms. The number of hydrogen-bond donors (Lipinski definition) is 1. The quantitative estimate of drug-likeness (QED) is 0.237. The first-order valence-electron chi connectivity index (χ1n) is 5.71. The van der Waals surface area contributed by atoms with Crippen molar-refractivity contribution in [1.29, 1.82) is 0 Å². The van der Waals surface area contributed by atoms with Crippen LogP contribution >= 0.6 is 0 Å². The fourth-order valence-electron chi connectivity index (χ4n) is 0.981. The van der Waals surface area contributed by atoms with Gasteiger partial charge in [0.1, 0.15) is 0 Å². The average molecular weight is 233 g/mol. The summed E-state index contributed by atoms with van der Waals surface area (Å²) in [6.07, 6.45) is 1.88. The summed E-state index contributed by atoms with van der Waals surface area (Å²) in [7, 11) is 0. The summed E-state index contributed by atoms with van der Waals surface area (Å²) in [6.45, 7) is 6.66. The maximum absolute atomic E-state index is 5.30. The van der Waals surface area contributed by atoms with Gasteiger partial charge >= 0.3 is 0 Å². The van der Waals surface area contributed by atoms with Crippen molar-refractivity contribution >= 4 is 0 Å². The van der Waals surface area contributed by atoms with Gasteiger partial charge in [-0.2, -0.15) is 5.11 Å². The molecule has 0 spiro atoms. The lowest BCUT2D eigenvalue weighted by Gasteiger charge is -2.05. The van der Waals surface area contributed by atoms with E-state index in [2.05, 4.69) is 17.3 Å². The monoisotopic (exact) mass is 233 g/mol. The van der Waals surface area contributed by atoms with E-state index in [9.17, 15) is 0 Å². The van der Waals surface area contributed by atoms with Crippen LogP contribution in [0.15, 0.2) is 10.3 Å². The second-order valence-electron chi connectivity index (χ2n) is 3.17. The molecule has 6 nitrogen and oxygen atoms in total. The highest BCUT2D eigenvalue weighted by Crippen LogP contribution is 1.86. The van der Waals surface area contributed by atoms with Gasteiger partial charge < -0.3 is 20.1 Å². The summed E-state index contributed by atoms with van der Waals surface area (Å²) in [5.74, 6) is 4.84. The maximum atomic E-state index is 5.30. The summed E-state index contributed by atoms with van der Waals surface area (Å²) in [4.78, 5) is 0. The molecule has 0 atom stereocenters. The topological polar surface area (TPSA) is 78.4 Å². The highest BCUT2D eigenvalue weighted by Gasteiger charge is 1.91. The van der Waals surface area contributed by atoms with Gasteiger partial charge in [-0.05, 0) is 12.8 Å². The smallest absolute Gasteiger partial charge is 0.0701 e. The molecule has 0 fully saturated rings. The van der Waals surface area contributed by atoms with Crippen LogP contribution in [0.5, 0.6) is 0 Å². The first-order chi connectivity index (χ1) is 7.91. The van der Waals surface area contributed by atoms with Crippen molar-refractivity contribution in [2.75, 3.05) is 46.2 Å². The van der Waals surface area contributed by atoms with Crippen molar-refractivity contribution in [3.63, 3.8) is 0 Å². The molecule has 0 rings (SSSR count). The van der Waals surface area contributed by atoms with Gasteiger partial charge in [-0.1, -0.05) is 12.1 Å². The Hall–Kier alpha value is -0.720. The molecular formula is C10H23N3O3. The Morgan fingerprint density at radius 1 is 0.875 bits per heavy atom.